The Bertz CT molecular complexity index is 315. The fraction of sp³-hybridized carbons (Fsp3) is 0.778. The van der Waals surface area contributed by atoms with Crippen LogP contribution in [0.5, 0.6) is 0 Å². The topological polar surface area (TPSA) is 58.5 Å². The lowest BCUT2D eigenvalue weighted by Crippen LogP contribution is -2.54. The maximum atomic E-state index is 9.15. The van der Waals surface area contributed by atoms with Gasteiger partial charge in [0.2, 0.25) is 5.13 Å². The van der Waals surface area contributed by atoms with Crippen molar-refractivity contribution in [3.63, 3.8) is 0 Å². The SMILES string of the molecule is CC1(C)CN(c2ncns2)CC(CO)O1. The molecule has 84 valence electrons. The Morgan fingerprint density at radius 3 is 3.13 bits per heavy atom. The Kier molecular flexibility index (Phi) is 2.90. The Balaban J connectivity index is 2.13. The Labute approximate surface area is 92.9 Å². The standard InChI is InChI=1S/C9H15N3O2S/c1-9(2)5-12(3-7(4-13)14-9)8-10-6-11-15-8/h6-7,13H,3-5H2,1-2H3. The van der Waals surface area contributed by atoms with Crippen molar-refractivity contribution in [2.75, 3.05) is 24.6 Å². The Morgan fingerprint density at radius 1 is 1.73 bits per heavy atom. The molecule has 0 radical (unpaired) electrons. The van der Waals surface area contributed by atoms with E-state index in [9.17, 15) is 0 Å². The molecule has 0 saturated carbocycles. The Hall–Kier alpha value is -0.720. The van der Waals surface area contributed by atoms with Crippen LogP contribution in [0.2, 0.25) is 0 Å². The zero-order valence-electron chi connectivity index (χ0n) is 8.88. The lowest BCUT2D eigenvalue weighted by Gasteiger charge is -2.42. The molecule has 1 aliphatic heterocycles. The fourth-order valence-electron chi connectivity index (χ4n) is 1.84. The first kappa shape index (κ1) is 10.8. The second-order valence-electron chi connectivity index (χ2n) is 4.29. The highest BCUT2D eigenvalue weighted by molar-refractivity contribution is 7.09. The van der Waals surface area contributed by atoms with Crippen molar-refractivity contribution in [2.24, 2.45) is 0 Å². The first-order valence-electron chi connectivity index (χ1n) is 4.91. The van der Waals surface area contributed by atoms with Crippen molar-refractivity contribution in [1.29, 1.82) is 0 Å². The third-order valence-corrected chi connectivity index (χ3v) is 3.03. The van der Waals surface area contributed by atoms with Gasteiger partial charge in [-0.25, -0.2) is 4.98 Å². The molecule has 0 aliphatic carbocycles. The molecule has 1 fully saturated rings. The van der Waals surface area contributed by atoms with Gasteiger partial charge in [-0.1, -0.05) is 0 Å². The van der Waals surface area contributed by atoms with E-state index in [0.29, 0.717) is 6.54 Å². The van der Waals surface area contributed by atoms with E-state index in [0.717, 1.165) is 11.7 Å². The summed E-state index contributed by atoms with van der Waals surface area (Å²) in [4.78, 5) is 6.28. The minimum absolute atomic E-state index is 0.0404. The first-order valence-corrected chi connectivity index (χ1v) is 5.68. The minimum atomic E-state index is -0.253. The molecule has 2 heterocycles. The van der Waals surface area contributed by atoms with Gasteiger partial charge in [-0.05, 0) is 13.8 Å². The van der Waals surface area contributed by atoms with Crippen molar-refractivity contribution in [3.05, 3.63) is 6.33 Å². The molecular formula is C9H15N3O2S. The zero-order valence-corrected chi connectivity index (χ0v) is 9.70. The van der Waals surface area contributed by atoms with Crippen LogP contribution in [0, 0.1) is 0 Å². The molecule has 15 heavy (non-hydrogen) atoms. The van der Waals surface area contributed by atoms with Crippen LogP contribution in [-0.2, 0) is 4.74 Å². The molecule has 1 atom stereocenters. The van der Waals surface area contributed by atoms with E-state index in [1.165, 1.54) is 11.5 Å². The van der Waals surface area contributed by atoms with Gasteiger partial charge in [0.25, 0.3) is 0 Å². The number of ether oxygens (including phenoxy) is 1. The van der Waals surface area contributed by atoms with Gasteiger partial charge < -0.3 is 14.7 Å². The summed E-state index contributed by atoms with van der Waals surface area (Å²) in [6.45, 7) is 5.53. The van der Waals surface area contributed by atoms with Crippen LogP contribution < -0.4 is 4.90 Å². The van der Waals surface area contributed by atoms with Gasteiger partial charge in [0.1, 0.15) is 6.33 Å². The number of hydrogen-bond donors (Lipinski definition) is 1. The highest BCUT2D eigenvalue weighted by atomic mass is 32.1. The fourth-order valence-corrected chi connectivity index (χ4v) is 2.38. The van der Waals surface area contributed by atoms with Gasteiger partial charge in [0.15, 0.2) is 0 Å². The number of nitrogens with zero attached hydrogens (tertiary/aromatic N) is 3. The van der Waals surface area contributed by atoms with E-state index in [4.69, 9.17) is 9.84 Å². The third-order valence-electron chi connectivity index (χ3n) is 2.31. The van der Waals surface area contributed by atoms with Crippen LogP contribution in [0.15, 0.2) is 6.33 Å². The quantitative estimate of drug-likeness (QED) is 0.801. The van der Waals surface area contributed by atoms with Crippen LogP contribution in [0.25, 0.3) is 0 Å². The van der Waals surface area contributed by atoms with Crippen molar-refractivity contribution >= 4 is 16.7 Å². The molecule has 1 aromatic rings. The largest absolute Gasteiger partial charge is 0.394 e. The van der Waals surface area contributed by atoms with Crippen LogP contribution >= 0.6 is 11.5 Å². The van der Waals surface area contributed by atoms with Crippen LogP contribution in [0.1, 0.15) is 13.8 Å². The van der Waals surface area contributed by atoms with E-state index >= 15 is 0 Å². The monoisotopic (exact) mass is 229 g/mol. The molecule has 1 saturated heterocycles. The second-order valence-corrected chi connectivity index (χ2v) is 5.05. The highest BCUT2D eigenvalue weighted by Crippen LogP contribution is 2.26. The molecule has 0 aromatic carbocycles. The number of aliphatic hydroxyl groups excluding tert-OH is 1. The van der Waals surface area contributed by atoms with Gasteiger partial charge in [0.05, 0.1) is 18.3 Å². The molecule has 0 amide bonds. The maximum Gasteiger partial charge on any atom is 0.205 e. The summed E-state index contributed by atoms with van der Waals surface area (Å²) in [5.41, 5.74) is -0.253. The zero-order chi connectivity index (χ0) is 10.9. The van der Waals surface area contributed by atoms with E-state index in [1.54, 1.807) is 6.33 Å². The predicted octanol–water partition coefficient (Wildman–Crippen LogP) is 0.514. The molecule has 0 bridgehead atoms. The van der Waals surface area contributed by atoms with E-state index in [-0.39, 0.29) is 18.3 Å². The van der Waals surface area contributed by atoms with Gasteiger partial charge in [-0.3, -0.25) is 0 Å². The van der Waals surface area contributed by atoms with E-state index in [1.807, 2.05) is 13.8 Å². The predicted molar refractivity (Wildman–Crippen MR) is 58.2 cm³/mol. The van der Waals surface area contributed by atoms with E-state index in [2.05, 4.69) is 14.3 Å². The molecule has 1 N–H and O–H groups in total. The van der Waals surface area contributed by atoms with Crippen LogP contribution in [0.4, 0.5) is 5.13 Å². The van der Waals surface area contributed by atoms with Crippen molar-refractivity contribution in [2.45, 2.75) is 25.6 Å². The molecule has 1 aromatic heterocycles. The molecule has 5 nitrogen and oxygen atoms in total. The first-order chi connectivity index (χ1) is 7.11. The number of rotatable bonds is 2. The average molecular weight is 229 g/mol. The highest BCUT2D eigenvalue weighted by Gasteiger charge is 2.34. The van der Waals surface area contributed by atoms with Crippen molar-refractivity contribution < 1.29 is 9.84 Å². The molecule has 2 rings (SSSR count). The van der Waals surface area contributed by atoms with Gasteiger partial charge in [-0.2, -0.15) is 4.37 Å². The van der Waals surface area contributed by atoms with Crippen LogP contribution in [-0.4, -0.2) is 45.9 Å². The van der Waals surface area contributed by atoms with Crippen LogP contribution in [0.3, 0.4) is 0 Å². The normalized spacial score (nSPS) is 25.5. The summed E-state index contributed by atoms with van der Waals surface area (Å²) in [7, 11) is 0. The summed E-state index contributed by atoms with van der Waals surface area (Å²) in [5.74, 6) is 0. The average Bonchev–Trinajstić information content (AvgIpc) is 2.68. The van der Waals surface area contributed by atoms with Gasteiger partial charge in [0, 0.05) is 24.6 Å². The molecule has 1 unspecified atom stereocenters. The summed E-state index contributed by atoms with van der Waals surface area (Å²) < 4.78 is 9.70. The van der Waals surface area contributed by atoms with Gasteiger partial charge >= 0.3 is 0 Å². The number of aromatic nitrogens is 2. The van der Waals surface area contributed by atoms with Crippen molar-refractivity contribution in [3.8, 4) is 0 Å². The van der Waals surface area contributed by atoms with E-state index < -0.39 is 0 Å². The Morgan fingerprint density at radius 2 is 2.53 bits per heavy atom. The number of aliphatic hydroxyl groups is 1. The van der Waals surface area contributed by atoms with Crippen molar-refractivity contribution in [1.82, 2.24) is 9.36 Å². The lowest BCUT2D eigenvalue weighted by atomic mass is 10.1. The summed E-state index contributed by atoms with van der Waals surface area (Å²) in [6, 6.07) is 0. The smallest absolute Gasteiger partial charge is 0.205 e. The molecule has 6 heteroatoms. The third kappa shape index (κ3) is 2.45. The number of morpholine rings is 1. The summed E-state index contributed by atoms with van der Waals surface area (Å²) in [5, 5.41) is 10.0. The number of hydrogen-bond acceptors (Lipinski definition) is 6. The maximum absolute atomic E-state index is 9.15. The summed E-state index contributed by atoms with van der Waals surface area (Å²) >= 11 is 1.37. The molecule has 1 aliphatic rings. The summed E-state index contributed by atoms with van der Waals surface area (Å²) in [6.07, 6.45) is 1.41. The lowest BCUT2D eigenvalue weighted by molar-refractivity contribution is -0.101. The molecule has 0 spiro atoms. The van der Waals surface area contributed by atoms with Gasteiger partial charge in [-0.15, -0.1) is 0 Å². The molecular weight excluding hydrogens is 214 g/mol. The minimum Gasteiger partial charge on any atom is -0.394 e. The number of anilines is 1. The second kappa shape index (κ2) is 4.03.